The molecule has 0 aliphatic heterocycles. The van der Waals surface area contributed by atoms with E-state index in [1.54, 1.807) is 0 Å². The van der Waals surface area contributed by atoms with Gasteiger partial charge in [0, 0.05) is 17.0 Å². The van der Waals surface area contributed by atoms with Crippen LogP contribution in [0, 0.1) is 0 Å². The van der Waals surface area contributed by atoms with Crippen LogP contribution in [0.15, 0.2) is 51.7 Å². The number of para-hydroxylation sites is 1. The van der Waals surface area contributed by atoms with Crippen LogP contribution in [0.4, 0.5) is 0 Å². The summed E-state index contributed by atoms with van der Waals surface area (Å²) in [7, 11) is 0. The lowest BCUT2D eigenvalue weighted by Crippen LogP contribution is -2.15. The van der Waals surface area contributed by atoms with Gasteiger partial charge < -0.3 is 9.15 Å². The van der Waals surface area contributed by atoms with Crippen molar-refractivity contribution in [1.29, 1.82) is 0 Å². The summed E-state index contributed by atoms with van der Waals surface area (Å²) in [5.74, 6) is -0.446. The molecular weight excluding hydrogens is 358 g/mol. The van der Waals surface area contributed by atoms with Gasteiger partial charge in [0.2, 0.25) is 0 Å². The average Bonchev–Trinajstić information content (AvgIpc) is 3.31. The molecule has 2 aromatic carbocycles. The van der Waals surface area contributed by atoms with E-state index in [9.17, 15) is 9.59 Å². The summed E-state index contributed by atoms with van der Waals surface area (Å²) in [5.41, 5.74) is 4.72. The van der Waals surface area contributed by atoms with Gasteiger partial charge in [-0.3, -0.25) is 4.79 Å². The van der Waals surface area contributed by atoms with Crippen LogP contribution in [-0.2, 0) is 35.5 Å². The third kappa shape index (κ3) is 2.94. The third-order valence-electron chi connectivity index (χ3n) is 5.13. The molecule has 28 heavy (non-hydrogen) atoms. The van der Waals surface area contributed by atoms with Gasteiger partial charge in [-0.05, 0) is 54.7 Å². The highest BCUT2D eigenvalue weighted by Crippen LogP contribution is 2.28. The van der Waals surface area contributed by atoms with Crippen molar-refractivity contribution >= 4 is 28.0 Å². The number of aryl methyl sites for hydroxylation is 2. The van der Waals surface area contributed by atoms with Crippen LogP contribution in [0.25, 0.3) is 22.0 Å². The zero-order valence-electron chi connectivity index (χ0n) is 15.1. The van der Waals surface area contributed by atoms with Gasteiger partial charge in [-0.15, -0.1) is 5.10 Å². The highest BCUT2D eigenvalue weighted by atomic mass is 16.5. The van der Waals surface area contributed by atoms with E-state index in [1.807, 2.05) is 30.3 Å². The molecular formula is C21H17N3O4. The zero-order chi connectivity index (χ0) is 19.1. The van der Waals surface area contributed by atoms with E-state index in [2.05, 4.69) is 16.4 Å². The second kappa shape index (κ2) is 6.60. The molecule has 0 radical (unpaired) electrons. The van der Waals surface area contributed by atoms with E-state index < -0.39 is 11.6 Å². The number of carbonyl (C=O) groups is 1. The molecule has 0 saturated carbocycles. The predicted octanol–water partition coefficient (Wildman–Crippen LogP) is 2.77. The third-order valence-corrected chi connectivity index (χ3v) is 5.13. The van der Waals surface area contributed by atoms with Crippen molar-refractivity contribution in [3.8, 4) is 0 Å². The van der Waals surface area contributed by atoms with Crippen molar-refractivity contribution in [1.82, 2.24) is 15.0 Å². The zero-order valence-corrected chi connectivity index (χ0v) is 15.1. The second-order valence-corrected chi connectivity index (χ2v) is 6.96. The number of nitrogens with zero attached hydrogens (tertiary/aromatic N) is 3. The lowest BCUT2D eigenvalue weighted by Gasteiger charge is -2.09. The molecule has 0 unspecified atom stereocenters. The Morgan fingerprint density at radius 2 is 1.96 bits per heavy atom. The summed E-state index contributed by atoms with van der Waals surface area (Å²) < 4.78 is 12.3. The number of esters is 1. The maximum Gasteiger partial charge on any atom is 0.336 e. The van der Waals surface area contributed by atoms with E-state index in [0.717, 1.165) is 35.7 Å². The van der Waals surface area contributed by atoms with Crippen LogP contribution < -0.4 is 5.63 Å². The summed E-state index contributed by atoms with van der Waals surface area (Å²) in [6.07, 6.45) is 3.12. The molecule has 2 aromatic heterocycles. The van der Waals surface area contributed by atoms with Crippen molar-refractivity contribution in [2.24, 2.45) is 0 Å². The van der Waals surface area contributed by atoms with Gasteiger partial charge in [-0.1, -0.05) is 17.3 Å². The molecule has 0 atom stereocenters. The first-order chi connectivity index (χ1) is 13.7. The van der Waals surface area contributed by atoms with Gasteiger partial charge in [0.25, 0.3) is 0 Å². The summed E-state index contributed by atoms with van der Waals surface area (Å²) >= 11 is 0. The van der Waals surface area contributed by atoms with E-state index in [0.29, 0.717) is 11.1 Å². The van der Waals surface area contributed by atoms with Gasteiger partial charge >= 0.3 is 11.6 Å². The van der Waals surface area contributed by atoms with Gasteiger partial charge in [0.1, 0.15) is 24.3 Å². The SMILES string of the molecule is O=C(Cn1nnc2ccccc21)OCc1cc(=O)oc2cc3c(cc12)CCC3. The topological polar surface area (TPSA) is 87.2 Å². The highest BCUT2D eigenvalue weighted by Gasteiger charge is 2.16. The Morgan fingerprint density at radius 3 is 2.86 bits per heavy atom. The van der Waals surface area contributed by atoms with Gasteiger partial charge in [-0.25, -0.2) is 9.48 Å². The molecule has 0 saturated heterocycles. The Hall–Kier alpha value is -3.48. The number of hydrogen-bond donors (Lipinski definition) is 0. The number of hydrogen-bond acceptors (Lipinski definition) is 6. The predicted molar refractivity (Wildman–Crippen MR) is 102 cm³/mol. The van der Waals surface area contributed by atoms with E-state index >= 15 is 0 Å². The van der Waals surface area contributed by atoms with Gasteiger partial charge in [-0.2, -0.15) is 0 Å². The van der Waals surface area contributed by atoms with Crippen LogP contribution in [0.3, 0.4) is 0 Å². The largest absolute Gasteiger partial charge is 0.459 e. The van der Waals surface area contributed by atoms with E-state index in [-0.39, 0.29) is 13.2 Å². The minimum Gasteiger partial charge on any atom is -0.459 e. The summed E-state index contributed by atoms with van der Waals surface area (Å²) in [4.78, 5) is 24.2. The maximum atomic E-state index is 12.3. The number of carbonyl (C=O) groups excluding carboxylic acids is 1. The molecule has 1 aliphatic rings. The molecule has 2 heterocycles. The first-order valence-corrected chi connectivity index (χ1v) is 9.20. The number of aromatic nitrogens is 3. The fourth-order valence-electron chi connectivity index (χ4n) is 3.77. The molecule has 1 aliphatic carbocycles. The number of benzene rings is 2. The average molecular weight is 375 g/mol. The minimum atomic E-state index is -0.446. The second-order valence-electron chi connectivity index (χ2n) is 6.96. The molecule has 0 bridgehead atoms. The smallest absolute Gasteiger partial charge is 0.336 e. The molecule has 0 amide bonds. The Labute approximate surface area is 159 Å². The number of ether oxygens (including phenoxy) is 1. The van der Waals surface area contributed by atoms with Crippen molar-refractivity contribution in [3.63, 3.8) is 0 Å². The highest BCUT2D eigenvalue weighted by molar-refractivity contribution is 5.82. The summed E-state index contributed by atoms with van der Waals surface area (Å²) in [6, 6.07) is 12.8. The molecule has 7 nitrogen and oxygen atoms in total. The Bertz CT molecular complexity index is 1270. The summed E-state index contributed by atoms with van der Waals surface area (Å²) in [5, 5.41) is 8.84. The lowest BCUT2D eigenvalue weighted by atomic mass is 10.0. The summed E-state index contributed by atoms with van der Waals surface area (Å²) in [6.45, 7) is -0.0400. The van der Waals surface area contributed by atoms with Gasteiger partial charge in [0.15, 0.2) is 0 Å². The van der Waals surface area contributed by atoms with Crippen molar-refractivity contribution < 1.29 is 13.9 Å². The molecule has 0 N–H and O–H groups in total. The lowest BCUT2D eigenvalue weighted by molar-refractivity contribution is -0.145. The first kappa shape index (κ1) is 16.7. The monoisotopic (exact) mass is 375 g/mol. The van der Waals surface area contributed by atoms with Crippen molar-refractivity contribution in [3.05, 3.63) is 69.6 Å². The van der Waals surface area contributed by atoms with Crippen LogP contribution in [0.5, 0.6) is 0 Å². The Kier molecular flexibility index (Phi) is 3.93. The fraction of sp³-hybridized carbons (Fsp3) is 0.238. The minimum absolute atomic E-state index is 0.00630. The molecule has 0 spiro atoms. The van der Waals surface area contributed by atoms with E-state index in [4.69, 9.17) is 9.15 Å². The van der Waals surface area contributed by atoms with E-state index in [1.165, 1.54) is 21.9 Å². The number of rotatable bonds is 4. The van der Waals surface area contributed by atoms with Crippen LogP contribution in [0.2, 0.25) is 0 Å². The van der Waals surface area contributed by atoms with Crippen LogP contribution in [0.1, 0.15) is 23.1 Å². The molecule has 0 fully saturated rings. The quantitative estimate of drug-likeness (QED) is 0.403. The first-order valence-electron chi connectivity index (χ1n) is 9.20. The van der Waals surface area contributed by atoms with Crippen molar-refractivity contribution in [2.75, 3.05) is 0 Å². The maximum absolute atomic E-state index is 12.3. The van der Waals surface area contributed by atoms with Crippen LogP contribution in [-0.4, -0.2) is 21.0 Å². The molecule has 140 valence electrons. The Morgan fingerprint density at radius 1 is 1.14 bits per heavy atom. The Balaban J connectivity index is 1.38. The molecule has 4 aromatic rings. The number of fused-ring (bicyclic) bond motifs is 3. The molecule has 7 heteroatoms. The van der Waals surface area contributed by atoms with Crippen LogP contribution >= 0.6 is 0 Å². The molecule has 5 rings (SSSR count). The van der Waals surface area contributed by atoms with Gasteiger partial charge in [0.05, 0.1) is 5.52 Å². The fourth-order valence-corrected chi connectivity index (χ4v) is 3.77. The van der Waals surface area contributed by atoms with Crippen molar-refractivity contribution in [2.45, 2.75) is 32.4 Å². The normalized spacial score (nSPS) is 13.1. The standard InChI is InChI=1S/C21H17N3O4/c25-20-10-15(16-8-13-4-3-5-14(13)9-19(16)28-20)12-27-21(26)11-24-18-7-2-1-6-17(18)22-23-24/h1-2,6-10H,3-5,11-12H2.